The van der Waals surface area contributed by atoms with Gasteiger partial charge in [0.2, 0.25) is 0 Å². The van der Waals surface area contributed by atoms with E-state index in [9.17, 15) is 14.7 Å². The number of carboxylic acid groups (broad SMARTS) is 1. The Morgan fingerprint density at radius 2 is 1.95 bits per heavy atom. The second-order valence-corrected chi connectivity index (χ2v) is 4.97. The maximum Gasteiger partial charge on any atom is 0.312 e. The van der Waals surface area contributed by atoms with Crippen molar-refractivity contribution in [2.45, 2.75) is 12.3 Å². The number of aromatic nitrogens is 2. The molecule has 1 aromatic heterocycles. The van der Waals surface area contributed by atoms with Gasteiger partial charge in [-0.05, 0) is 24.1 Å². The van der Waals surface area contributed by atoms with Crippen molar-refractivity contribution in [1.29, 1.82) is 0 Å². The molecule has 5 nitrogen and oxygen atoms in total. The molecule has 0 saturated carbocycles. The van der Waals surface area contributed by atoms with E-state index in [2.05, 4.69) is 9.97 Å². The van der Waals surface area contributed by atoms with Crippen LogP contribution >= 0.6 is 23.2 Å². The summed E-state index contributed by atoms with van der Waals surface area (Å²) in [5.41, 5.74) is 0.261. The van der Waals surface area contributed by atoms with Gasteiger partial charge < -0.3 is 10.1 Å². The molecule has 1 heterocycles. The van der Waals surface area contributed by atoms with Crippen molar-refractivity contribution < 1.29 is 9.90 Å². The lowest BCUT2D eigenvalue weighted by atomic mass is 9.96. The summed E-state index contributed by atoms with van der Waals surface area (Å²) in [5.74, 6) is -2.09. The molecule has 0 spiro atoms. The Balaban J connectivity index is 2.37. The first-order valence-electron chi connectivity index (χ1n) is 5.69. The largest absolute Gasteiger partial charge is 0.481 e. The Hall–Kier alpha value is -1.85. The fourth-order valence-corrected chi connectivity index (χ4v) is 2.16. The number of carboxylic acids is 1. The molecule has 1 aromatic carbocycles. The molecule has 0 radical (unpaired) electrons. The quantitative estimate of drug-likeness (QED) is 0.908. The minimum atomic E-state index is -1.10. The van der Waals surface area contributed by atoms with Crippen LogP contribution in [0.3, 0.4) is 0 Å². The smallest absolute Gasteiger partial charge is 0.312 e. The van der Waals surface area contributed by atoms with Gasteiger partial charge in [0.15, 0.2) is 0 Å². The van der Waals surface area contributed by atoms with Crippen LogP contribution in [0.4, 0.5) is 0 Å². The van der Waals surface area contributed by atoms with Gasteiger partial charge in [-0.25, -0.2) is 4.98 Å². The third-order valence-corrected chi connectivity index (χ3v) is 3.42. The topological polar surface area (TPSA) is 83.0 Å². The molecule has 0 aliphatic heterocycles. The Bertz CT molecular complexity index is 683. The van der Waals surface area contributed by atoms with E-state index in [1.807, 2.05) is 0 Å². The van der Waals surface area contributed by atoms with E-state index in [-0.39, 0.29) is 17.1 Å². The zero-order valence-corrected chi connectivity index (χ0v) is 11.6. The van der Waals surface area contributed by atoms with Gasteiger partial charge in [-0.2, -0.15) is 0 Å². The second-order valence-electron chi connectivity index (χ2n) is 4.15. The number of benzene rings is 1. The predicted molar refractivity (Wildman–Crippen MR) is 75.4 cm³/mol. The molecule has 2 N–H and O–H groups in total. The maximum atomic E-state index is 11.4. The predicted octanol–water partition coefficient (Wildman–Crippen LogP) is 2.49. The number of nitrogens with one attached hydrogen (secondary N) is 1. The Morgan fingerprint density at radius 3 is 2.55 bits per heavy atom. The fourth-order valence-electron chi connectivity index (χ4n) is 1.80. The van der Waals surface area contributed by atoms with Crippen molar-refractivity contribution in [3.05, 3.63) is 62.2 Å². The van der Waals surface area contributed by atoms with Crippen LogP contribution in [0.2, 0.25) is 10.0 Å². The normalized spacial score (nSPS) is 12.1. The molecule has 7 heteroatoms. The number of nitrogens with zero attached hydrogens (tertiary/aromatic N) is 1. The summed E-state index contributed by atoms with van der Waals surface area (Å²) < 4.78 is 0. The molecule has 0 saturated heterocycles. The summed E-state index contributed by atoms with van der Waals surface area (Å²) in [4.78, 5) is 29.0. The molecule has 0 bridgehead atoms. The molecule has 0 amide bonds. The van der Waals surface area contributed by atoms with E-state index in [1.165, 1.54) is 0 Å². The Kier molecular flexibility index (Phi) is 4.42. The van der Waals surface area contributed by atoms with Crippen LogP contribution in [0.5, 0.6) is 0 Å². The van der Waals surface area contributed by atoms with Crippen molar-refractivity contribution in [2.24, 2.45) is 0 Å². The van der Waals surface area contributed by atoms with Gasteiger partial charge >= 0.3 is 5.97 Å². The number of hydrogen-bond acceptors (Lipinski definition) is 3. The second kappa shape index (κ2) is 6.07. The Morgan fingerprint density at radius 1 is 1.30 bits per heavy atom. The molecule has 1 atom stereocenters. The number of H-pyrrole nitrogens is 1. The summed E-state index contributed by atoms with van der Waals surface area (Å²) in [5, 5.41) is 9.68. The van der Waals surface area contributed by atoms with Crippen molar-refractivity contribution in [2.75, 3.05) is 0 Å². The lowest BCUT2D eigenvalue weighted by molar-refractivity contribution is -0.138. The van der Waals surface area contributed by atoms with E-state index in [4.69, 9.17) is 23.2 Å². The molecule has 2 aromatic rings. The van der Waals surface area contributed by atoms with Gasteiger partial charge in [0.25, 0.3) is 5.56 Å². The van der Waals surface area contributed by atoms with Gasteiger partial charge in [-0.15, -0.1) is 0 Å². The first-order valence-corrected chi connectivity index (χ1v) is 6.45. The zero-order chi connectivity index (χ0) is 14.7. The van der Waals surface area contributed by atoms with Crippen molar-refractivity contribution >= 4 is 29.2 Å². The van der Waals surface area contributed by atoms with Gasteiger partial charge in [0.05, 0.1) is 12.0 Å². The zero-order valence-electron chi connectivity index (χ0n) is 10.1. The van der Waals surface area contributed by atoms with Crippen LogP contribution in [-0.2, 0) is 11.2 Å². The van der Waals surface area contributed by atoms with E-state index >= 15 is 0 Å². The van der Waals surface area contributed by atoms with Crippen LogP contribution in [0, 0.1) is 0 Å². The number of aliphatic carboxylic acids is 1. The van der Waals surface area contributed by atoms with Crippen molar-refractivity contribution in [3.8, 4) is 0 Å². The molecule has 104 valence electrons. The third-order valence-electron chi connectivity index (χ3n) is 2.80. The van der Waals surface area contributed by atoms with Crippen LogP contribution in [-0.4, -0.2) is 21.0 Å². The minimum Gasteiger partial charge on any atom is -0.481 e. The number of rotatable bonds is 4. The van der Waals surface area contributed by atoms with Gasteiger partial charge in [0, 0.05) is 5.02 Å². The van der Waals surface area contributed by atoms with E-state index in [0.29, 0.717) is 5.02 Å². The molecular formula is C13H10Cl2N2O3. The monoisotopic (exact) mass is 312 g/mol. The van der Waals surface area contributed by atoms with Crippen molar-refractivity contribution in [1.82, 2.24) is 9.97 Å². The van der Waals surface area contributed by atoms with Gasteiger partial charge in [0.1, 0.15) is 10.9 Å². The molecular weight excluding hydrogens is 303 g/mol. The van der Waals surface area contributed by atoms with Gasteiger partial charge in [-0.3, -0.25) is 9.59 Å². The highest BCUT2D eigenvalue weighted by atomic mass is 35.5. The summed E-state index contributed by atoms with van der Waals surface area (Å²) >= 11 is 11.6. The molecule has 1 unspecified atom stereocenters. The van der Waals surface area contributed by atoms with E-state index in [0.717, 1.165) is 11.9 Å². The van der Waals surface area contributed by atoms with Crippen LogP contribution in [0.1, 0.15) is 17.2 Å². The number of aromatic amines is 1. The van der Waals surface area contributed by atoms with Crippen LogP contribution in [0.15, 0.2) is 35.4 Å². The van der Waals surface area contributed by atoms with Crippen LogP contribution < -0.4 is 5.56 Å². The first-order chi connectivity index (χ1) is 9.49. The minimum absolute atomic E-state index is 0.0536. The number of halogens is 2. The fraction of sp³-hybridized carbons (Fsp3) is 0.154. The van der Waals surface area contributed by atoms with E-state index < -0.39 is 17.4 Å². The van der Waals surface area contributed by atoms with E-state index in [1.54, 1.807) is 24.3 Å². The third kappa shape index (κ3) is 3.18. The number of hydrogen-bond donors (Lipinski definition) is 2. The molecule has 0 aliphatic rings. The first kappa shape index (κ1) is 14.6. The summed E-state index contributed by atoms with van der Waals surface area (Å²) in [6.45, 7) is 0. The highest BCUT2D eigenvalue weighted by molar-refractivity contribution is 6.31. The molecule has 0 aliphatic carbocycles. The summed E-state index contributed by atoms with van der Waals surface area (Å²) in [7, 11) is 0. The highest BCUT2D eigenvalue weighted by Gasteiger charge is 2.25. The molecule has 20 heavy (non-hydrogen) atoms. The van der Waals surface area contributed by atoms with Gasteiger partial charge in [-0.1, -0.05) is 35.3 Å². The lowest BCUT2D eigenvalue weighted by Gasteiger charge is -2.12. The molecule has 2 rings (SSSR count). The Labute approximate surface area is 124 Å². The number of carbonyl (C=O) groups is 1. The SMILES string of the molecule is O=C(O)C(Cc1ccc(Cl)cc1)c1nc[nH]c(=O)c1Cl. The summed E-state index contributed by atoms with van der Waals surface area (Å²) in [6.07, 6.45) is 1.31. The maximum absolute atomic E-state index is 11.4. The summed E-state index contributed by atoms with van der Waals surface area (Å²) in [6, 6.07) is 6.78. The average Bonchev–Trinajstić information content (AvgIpc) is 2.41. The van der Waals surface area contributed by atoms with Crippen molar-refractivity contribution in [3.63, 3.8) is 0 Å². The standard InChI is InChI=1S/C13H10Cl2N2O3/c14-8-3-1-7(2-4-8)5-9(13(19)20)11-10(15)12(18)17-6-16-11/h1-4,6,9H,5H2,(H,19,20)(H,16,17,18). The highest BCUT2D eigenvalue weighted by Crippen LogP contribution is 2.24. The average molecular weight is 313 g/mol. The lowest BCUT2D eigenvalue weighted by Crippen LogP contribution is -2.20. The van der Waals surface area contributed by atoms with Crippen LogP contribution in [0.25, 0.3) is 0 Å². The molecule has 0 fully saturated rings.